The molecule has 3 atom stereocenters. The molecule has 4 nitrogen and oxygen atoms in total. The highest BCUT2D eigenvalue weighted by atomic mass is 16.4. The maximum atomic E-state index is 11.5. The number of hydrogen-bond acceptors (Lipinski definition) is 3. The first kappa shape index (κ1) is 16.4. The Labute approximate surface area is 117 Å². The van der Waals surface area contributed by atoms with Crippen LogP contribution in [0.3, 0.4) is 0 Å². The molecule has 0 spiro atoms. The summed E-state index contributed by atoms with van der Waals surface area (Å²) in [6, 6.07) is 0.675. The van der Waals surface area contributed by atoms with Gasteiger partial charge in [0.1, 0.15) is 5.54 Å². The standard InChI is InChI=1S/C15H30N2O2/c1-6-11(2)10-17(5)12(3)9-15(4,14(18)19)16-13-7-8-13/h11-13,16H,6-10H2,1-5H3,(H,18,19). The third kappa shape index (κ3) is 5.11. The molecule has 0 aliphatic heterocycles. The molecule has 1 rings (SSSR count). The maximum Gasteiger partial charge on any atom is 0.323 e. The van der Waals surface area contributed by atoms with Crippen LogP contribution < -0.4 is 5.32 Å². The van der Waals surface area contributed by atoms with Gasteiger partial charge in [-0.25, -0.2) is 0 Å². The fourth-order valence-electron chi connectivity index (χ4n) is 2.43. The molecule has 1 saturated carbocycles. The fraction of sp³-hybridized carbons (Fsp3) is 0.933. The highest BCUT2D eigenvalue weighted by molar-refractivity contribution is 5.78. The van der Waals surface area contributed by atoms with E-state index in [0.29, 0.717) is 18.4 Å². The van der Waals surface area contributed by atoms with Gasteiger partial charge in [0.05, 0.1) is 0 Å². The van der Waals surface area contributed by atoms with Crippen LogP contribution in [0.15, 0.2) is 0 Å². The Balaban J connectivity index is 2.54. The Morgan fingerprint density at radius 1 is 1.47 bits per heavy atom. The molecule has 0 radical (unpaired) electrons. The number of carboxylic acid groups (broad SMARTS) is 1. The summed E-state index contributed by atoms with van der Waals surface area (Å²) < 4.78 is 0. The van der Waals surface area contributed by atoms with E-state index in [1.54, 1.807) is 0 Å². The maximum absolute atomic E-state index is 11.5. The molecule has 2 N–H and O–H groups in total. The molecule has 0 bridgehead atoms. The van der Waals surface area contributed by atoms with E-state index in [0.717, 1.165) is 25.8 Å². The van der Waals surface area contributed by atoms with Crippen LogP contribution in [-0.4, -0.2) is 47.2 Å². The van der Waals surface area contributed by atoms with Gasteiger partial charge in [0.15, 0.2) is 0 Å². The van der Waals surface area contributed by atoms with Crippen LogP contribution in [0.5, 0.6) is 0 Å². The van der Waals surface area contributed by atoms with E-state index >= 15 is 0 Å². The number of nitrogens with zero attached hydrogens (tertiary/aromatic N) is 1. The van der Waals surface area contributed by atoms with E-state index in [-0.39, 0.29) is 6.04 Å². The van der Waals surface area contributed by atoms with Crippen molar-refractivity contribution in [3.63, 3.8) is 0 Å². The predicted molar refractivity (Wildman–Crippen MR) is 78.4 cm³/mol. The fourth-order valence-corrected chi connectivity index (χ4v) is 2.43. The summed E-state index contributed by atoms with van der Waals surface area (Å²) in [4.78, 5) is 13.8. The van der Waals surface area contributed by atoms with Crippen molar-refractivity contribution in [2.45, 2.75) is 71.0 Å². The third-order valence-electron chi connectivity index (χ3n) is 4.32. The largest absolute Gasteiger partial charge is 0.480 e. The van der Waals surface area contributed by atoms with E-state index in [1.165, 1.54) is 0 Å². The Hall–Kier alpha value is -0.610. The molecule has 0 aromatic rings. The topological polar surface area (TPSA) is 52.6 Å². The van der Waals surface area contributed by atoms with Gasteiger partial charge in [-0.2, -0.15) is 0 Å². The Kier molecular flexibility index (Phi) is 5.81. The molecular weight excluding hydrogens is 240 g/mol. The normalized spacial score (nSPS) is 22.0. The number of carboxylic acids is 1. The smallest absolute Gasteiger partial charge is 0.323 e. The van der Waals surface area contributed by atoms with Crippen LogP contribution in [0.25, 0.3) is 0 Å². The van der Waals surface area contributed by atoms with E-state index in [2.05, 4.69) is 38.0 Å². The van der Waals surface area contributed by atoms with Crippen LogP contribution in [-0.2, 0) is 4.79 Å². The van der Waals surface area contributed by atoms with Crippen LogP contribution in [0.4, 0.5) is 0 Å². The van der Waals surface area contributed by atoms with Gasteiger partial charge in [-0.1, -0.05) is 20.3 Å². The quantitative estimate of drug-likeness (QED) is 0.675. The number of carbonyl (C=O) groups is 1. The number of rotatable bonds is 9. The summed E-state index contributed by atoms with van der Waals surface area (Å²) in [7, 11) is 2.09. The van der Waals surface area contributed by atoms with Gasteiger partial charge in [-0.05, 0) is 46.1 Å². The van der Waals surface area contributed by atoms with Crippen molar-refractivity contribution in [1.29, 1.82) is 0 Å². The molecule has 19 heavy (non-hydrogen) atoms. The lowest BCUT2D eigenvalue weighted by Gasteiger charge is -2.34. The van der Waals surface area contributed by atoms with Gasteiger partial charge < -0.3 is 10.0 Å². The highest BCUT2D eigenvalue weighted by Gasteiger charge is 2.40. The van der Waals surface area contributed by atoms with Crippen LogP contribution >= 0.6 is 0 Å². The van der Waals surface area contributed by atoms with Crippen molar-refractivity contribution in [1.82, 2.24) is 10.2 Å². The summed E-state index contributed by atoms with van der Waals surface area (Å²) in [5.74, 6) is -0.0804. The zero-order valence-corrected chi connectivity index (χ0v) is 13.1. The molecule has 0 aromatic heterocycles. The molecule has 0 amide bonds. The van der Waals surface area contributed by atoms with Crippen molar-refractivity contribution >= 4 is 5.97 Å². The minimum absolute atomic E-state index is 0.265. The van der Waals surface area contributed by atoms with Crippen molar-refractivity contribution in [2.24, 2.45) is 5.92 Å². The zero-order chi connectivity index (χ0) is 14.6. The van der Waals surface area contributed by atoms with Gasteiger partial charge >= 0.3 is 5.97 Å². The molecule has 3 unspecified atom stereocenters. The van der Waals surface area contributed by atoms with Crippen LogP contribution in [0.2, 0.25) is 0 Å². The van der Waals surface area contributed by atoms with Crippen molar-refractivity contribution in [3.8, 4) is 0 Å². The minimum Gasteiger partial charge on any atom is -0.480 e. The predicted octanol–water partition coefficient (Wildman–Crippen LogP) is 2.34. The van der Waals surface area contributed by atoms with E-state index < -0.39 is 11.5 Å². The van der Waals surface area contributed by atoms with Gasteiger partial charge in [-0.3, -0.25) is 10.1 Å². The molecule has 1 aliphatic rings. The SMILES string of the molecule is CCC(C)CN(C)C(C)CC(C)(NC1CC1)C(=O)O. The average Bonchev–Trinajstić information content (AvgIpc) is 3.11. The summed E-state index contributed by atoms with van der Waals surface area (Å²) in [6.07, 6.45) is 4.03. The van der Waals surface area contributed by atoms with Gasteiger partial charge in [0.25, 0.3) is 0 Å². The average molecular weight is 270 g/mol. The van der Waals surface area contributed by atoms with Crippen LogP contribution in [0, 0.1) is 5.92 Å². The second-order valence-electron chi connectivity index (χ2n) is 6.56. The highest BCUT2D eigenvalue weighted by Crippen LogP contribution is 2.26. The molecule has 0 heterocycles. The summed E-state index contributed by atoms with van der Waals surface area (Å²) in [5, 5.41) is 12.8. The second kappa shape index (κ2) is 6.71. The Morgan fingerprint density at radius 2 is 2.05 bits per heavy atom. The molecule has 0 aromatic carbocycles. The second-order valence-corrected chi connectivity index (χ2v) is 6.56. The van der Waals surface area contributed by atoms with E-state index in [1.807, 2.05) is 6.92 Å². The molecule has 1 aliphatic carbocycles. The third-order valence-corrected chi connectivity index (χ3v) is 4.32. The van der Waals surface area contributed by atoms with Crippen molar-refractivity contribution < 1.29 is 9.90 Å². The lowest BCUT2D eigenvalue weighted by Crippen LogP contribution is -2.54. The summed E-state index contributed by atoms with van der Waals surface area (Å²) in [5.41, 5.74) is -0.801. The van der Waals surface area contributed by atoms with Crippen molar-refractivity contribution in [2.75, 3.05) is 13.6 Å². The van der Waals surface area contributed by atoms with Gasteiger partial charge in [0, 0.05) is 18.6 Å². The van der Waals surface area contributed by atoms with E-state index in [4.69, 9.17) is 0 Å². The van der Waals surface area contributed by atoms with E-state index in [9.17, 15) is 9.90 Å². The first-order chi connectivity index (χ1) is 8.78. The first-order valence-electron chi connectivity index (χ1n) is 7.49. The molecule has 0 saturated heterocycles. The zero-order valence-electron chi connectivity index (χ0n) is 13.1. The summed E-state index contributed by atoms with van der Waals surface area (Å²) in [6.45, 7) is 9.40. The number of aliphatic carboxylic acids is 1. The Morgan fingerprint density at radius 3 is 2.47 bits per heavy atom. The number of hydrogen-bond donors (Lipinski definition) is 2. The Bertz CT molecular complexity index is 305. The lowest BCUT2D eigenvalue weighted by molar-refractivity contribution is -0.145. The van der Waals surface area contributed by atoms with Gasteiger partial charge in [-0.15, -0.1) is 0 Å². The van der Waals surface area contributed by atoms with Gasteiger partial charge in [0.2, 0.25) is 0 Å². The first-order valence-corrected chi connectivity index (χ1v) is 7.49. The minimum atomic E-state index is -0.801. The summed E-state index contributed by atoms with van der Waals surface area (Å²) >= 11 is 0. The molecular formula is C15H30N2O2. The molecule has 112 valence electrons. The van der Waals surface area contributed by atoms with Crippen molar-refractivity contribution in [3.05, 3.63) is 0 Å². The molecule has 4 heteroatoms. The molecule has 1 fully saturated rings. The number of nitrogens with one attached hydrogen (secondary N) is 1. The monoisotopic (exact) mass is 270 g/mol. The van der Waals surface area contributed by atoms with Crippen LogP contribution in [0.1, 0.15) is 53.4 Å². The lowest BCUT2D eigenvalue weighted by atomic mass is 9.92.